The summed E-state index contributed by atoms with van der Waals surface area (Å²) in [4.78, 5) is 0. The first-order chi connectivity index (χ1) is 8.69. The molecule has 0 saturated carbocycles. The maximum atomic E-state index is 11.5. The van der Waals surface area contributed by atoms with Gasteiger partial charge in [0, 0.05) is 11.2 Å². The van der Waals surface area contributed by atoms with Crippen LogP contribution in [0.1, 0.15) is 24.7 Å². The van der Waals surface area contributed by atoms with Crippen LogP contribution >= 0.6 is 11.8 Å². The molecule has 2 rings (SSSR count). The molecule has 2 unspecified atom stereocenters. The van der Waals surface area contributed by atoms with E-state index in [1.807, 2.05) is 30.3 Å². The lowest BCUT2D eigenvalue weighted by atomic mass is 9.85. The zero-order chi connectivity index (χ0) is 14.3. The highest BCUT2D eigenvalue weighted by atomic mass is 32.3. The zero-order valence-corrected chi connectivity index (χ0v) is 12.4. The Morgan fingerprint density at radius 3 is 2.32 bits per heavy atom. The lowest BCUT2D eigenvalue weighted by Crippen LogP contribution is -2.31. The summed E-state index contributed by atoms with van der Waals surface area (Å²) in [6, 6.07) is 9.54. The number of primary sulfonamides is 1. The molecule has 1 aliphatic heterocycles. The standard InChI is InChI=1S/C13H17NO3S2/c1-13(2,15)10-8-11(19(14,16)17)18-12(10)9-6-4-3-5-7-9/h3-8,10,12,15H,1-2H3,(H2,14,16,17). The van der Waals surface area contributed by atoms with E-state index >= 15 is 0 Å². The van der Waals surface area contributed by atoms with E-state index in [9.17, 15) is 13.5 Å². The maximum absolute atomic E-state index is 11.5. The van der Waals surface area contributed by atoms with Gasteiger partial charge in [-0.1, -0.05) is 36.4 Å². The quantitative estimate of drug-likeness (QED) is 0.894. The lowest BCUT2D eigenvalue weighted by Gasteiger charge is -2.29. The Morgan fingerprint density at radius 2 is 1.84 bits per heavy atom. The van der Waals surface area contributed by atoms with Crippen molar-refractivity contribution in [1.82, 2.24) is 0 Å². The van der Waals surface area contributed by atoms with Crippen LogP contribution < -0.4 is 5.14 Å². The van der Waals surface area contributed by atoms with Crippen molar-refractivity contribution in [3.05, 3.63) is 46.2 Å². The summed E-state index contributed by atoms with van der Waals surface area (Å²) in [7, 11) is -3.72. The largest absolute Gasteiger partial charge is 0.390 e. The van der Waals surface area contributed by atoms with Crippen molar-refractivity contribution in [1.29, 1.82) is 0 Å². The second-order valence-electron chi connectivity index (χ2n) is 5.16. The molecule has 4 nitrogen and oxygen atoms in total. The molecule has 1 heterocycles. The van der Waals surface area contributed by atoms with Crippen LogP contribution in [0.4, 0.5) is 0 Å². The summed E-state index contributed by atoms with van der Waals surface area (Å²) in [6.07, 6.45) is 1.57. The van der Waals surface area contributed by atoms with Gasteiger partial charge in [0.2, 0.25) is 10.0 Å². The van der Waals surface area contributed by atoms with Gasteiger partial charge in [0.1, 0.15) is 4.24 Å². The third-order valence-electron chi connectivity index (χ3n) is 3.11. The van der Waals surface area contributed by atoms with Crippen molar-refractivity contribution in [2.45, 2.75) is 24.7 Å². The van der Waals surface area contributed by atoms with E-state index in [0.29, 0.717) is 0 Å². The van der Waals surface area contributed by atoms with Crippen LogP contribution in [0.3, 0.4) is 0 Å². The van der Waals surface area contributed by atoms with Crippen LogP contribution in [-0.4, -0.2) is 19.1 Å². The normalized spacial score (nSPS) is 24.3. The number of aliphatic hydroxyl groups is 1. The number of hydrogen-bond acceptors (Lipinski definition) is 4. The van der Waals surface area contributed by atoms with Crippen molar-refractivity contribution in [3.63, 3.8) is 0 Å². The molecule has 2 atom stereocenters. The molecule has 1 aromatic rings. The Kier molecular flexibility index (Phi) is 3.79. The Labute approximate surface area is 117 Å². The van der Waals surface area contributed by atoms with E-state index in [-0.39, 0.29) is 15.4 Å². The third kappa shape index (κ3) is 3.20. The van der Waals surface area contributed by atoms with Gasteiger partial charge in [-0.15, -0.1) is 11.8 Å². The number of benzene rings is 1. The van der Waals surface area contributed by atoms with E-state index < -0.39 is 15.6 Å². The smallest absolute Gasteiger partial charge is 0.243 e. The van der Waals surface area contributed by atoms with Gasteiger partial charge in [0.05, 0.1) is 5.60 Å². The average molecular weight is 299 g/mol. The Hall–Kier alpha value is -0.820. The van der Waals surface area contributed by atoms with E-state index in [1.165, 1.54) is 11.8 Å². The highest BCUT2D eigenvalue weighted by Gasteiger charge is 2.41. The van der Waals surface area contributed by atoms with Gasteiger partial charge in [0.15, 0.2) is 0 Å². The fourth-order valence-electron chi connectivity index (χ4n) is 2.13. The van der Waals surface area contributed by atoms with E-state index in [1.54, 1.807) is 19.9 Å². The van der Waals surface area contributed by atoms with Gasteiger partial charge in [0.25, 0.3) is 0 Å². The summed E-state index contributed by atoms with van der Waals surface area (Å²) in [5.41, 5.74) is -0.0329. The van der Waals surface area contributed by atoms with Crippen LogP contribution in [0.15, 0.2) is 40.6 Å². The molecule has 19 heavy (non-hydrogen) atoms. The summed E-state index contributed by atoms with van der Waals surface area (Å²) in [5, 5.41) is 15.3. The molecule has 0 aliphatic carbocycles. The van der Waals surface area contributed by atoms with Crippen molar-refractivity contribution < 1.29 is 13.5 Å². The van der Waals surface area contributed by atoms with E-state index in [4.69, 9.17) is 5.14 Å². The second kappa shape index (κ2) is 4.94. The molecule has 0 aromatic heterocycles. The molecule has 1 aliphatic rings. The number of nitrogens with two attached hydrogens (primary N) is 1. The van der Waals surface area contributed by atoms with E-state index in [0.717, 1.165) is 5.56 Å². The predicted molar refractivity (Wildman–Crippen MR) is 77.8 cm³/mol. The average Bonchev–Trinajstić information content (AvgIpc) is 2.74. The van der Waals surface area contributed by atoms with Gasteiger partial charge in [-0.05, 0) is 19.4 Å². The molecular formula is C13H17NO3S2. The minimum atomic E-state index is -3.72. The van der Waals surface area contributed by atoms with Crippen molar-refractivity contribution in [2.75, 3.05) is 0 Å². The van der Waals surface area contributed by atoms with Gasteiger partial charge in [-0.25, -0.2) is 13.6 Å². The number of thioether (sulfide) groups is 1. The van der Waals surface area contributed by atoms with Crippen LogP contribution in [0.2, 0.25) is 0 Å². The Morgan fingerprint density at radius 1 is 1.26 bits per heavy atom. The van der Waals surface area contributed by atoms with Crippen molar-refractivity contribution >= 4 is 21.8 Å². The first-order valence-electron chi connectivity index (χ1n) is 5.88. The predicted octanol–water partition coefficient (Wildman–Crippen LogP) is 1.99. The highest BCUT2D eigenvalue weighted by Crippen LogP contribution is 2.52. The summed E-state index contributed by atoms with van der Waals surface area (Å²) >= 11 is 1.19. The lowest BCUT2D eigenvalue weighted by molar-refractivity contribution is 0.0370. The molecular weight excluding hydrogens is 282 g/mol. The van der Waals surface area contributed by atoms with Gasteiger partial charge in [-0.2, -0.15) is 0 Å². The monoisotopic (exact) mass is 299 g/mol. The fourth-order valence-corrected chi connectivity index (χ4v) is 4.64. The van der Waals surface area contributed by atoms with Gasteiger partial charge < -0.3 is 5.11 Å². The van der Waals surface area contributed by atoms with Crippen molar-refractivity contribution in [3.8, 4) is 0 Å². The SMILES string of the molecule is CC(C)(O)C1C=C(S(N)(=O)=O)SC1c1ccccc1. The molecule has 104 valence electrons. The zero-order valence-electron chi connectivity index (χ0n) is 10.8. The van der Waals surface area contributed by atoms with Crippen LogP contribution in [0.25, 0.3) is 0 Å². The maximum Gasteiger partial charge on any atom is 0.243 e. The first-order valence-corrected chi connectivity index (χ1v) is 8.31. The molecule has 0 radical (unpaired) electrons. The molecule has 6 heteroatoms. The topological polar surface area (TPSA) is 80.4 Å². The second-order valence-corrected chi connectivity index (χ2v) is 8.13. The molecule has 0 bridgehead atoms. The minimum absolute atomic E-state index is 0.133. The molecule has 0 saturated heterocycles. The van der Waals surface area contributed by atoms with Crippen LogP contribution in [-0.2, 0) is 10.0 Å². The summed E-state index contributed by atoms with van der Waals surface area (Å²) < 4.78 is 23.1. The minimum Gasteiger partial charge on any atom is -0.390 e. The molecule has 1 aromatic carbocycles. The Bertz CT molecular complexity index is 588. The number of sulfonamides is 1. The van der Waals surface area contributed by atoms with Gasteiger partial charge in [-0.3, -0.25) is 0 Å². The number of rotatable bonds is 3. The fraction of sp³-hybridized carbons (Fsp3) is 0.385. The van der Waals surface area contributed by atoms with Crippen molar-refractivity contribution in [2.24, 2.45) is 11.1 Å². The van der Waals surface area contributed by atoms with Gasteiger partial charge >= 0.3 is 0 Å². The van der Waals surface area contributed by atoms with Crippen LogP contribution in [0.5, 0.6) is 0 Å². The number of hydrogen-bond donors (Lipinski definition) is 2. The molecule has 0 fully saturated rings. The molecule has 3 N–H and O–H groups in total. The summed E-state index contributed by atoms with van der Waals surface area (Å²) in [6.45, 7) is 3.35. The molecule has 0 spiro atoms. The third-order valence-corrected chi connectivity index (χ3v) is 5.98. The van der Waals surface area contributed by atoms with E-state index in [2.05, 4.69) is 0 Å². The van der Waals surface area contributed by atoms with Crippen LogP contribution in [0, 0.1) is 5.92 Å². The highest BCUT2D eigenvalue weighted by molar-refractivity contribution is 8.18. The Balaban J connectivity index is 2.42. The summed E-state index contributed by atoms with van der Waals surface area (Å²) in [5.74, 6) is -0.298. The molecule has 0 amide bonds. The first kappa shape index (κ1) is 14.6.